The van der Waals surface area contributed by atoms with E-state index in [4.69, 9.17) is 4.98 Å². The third-order valence-electron chi connectivity index (χ3n) is 4.37. The van der Waals surface area contributed by atoms with Crippen molar-refractivity contribution in [3.8, 4) is 0 Å². The third-order valence-corrected chi connectivity index (χ3v) is 5.70. The van der Waals surface area contributed by atoms with Gasteiger partial charge in [-0.2, -0.15) is 0 Å². The Morgan fingerprint density at radius 1 is 1.33 bits per heavy atom. The zero-order valence-electron chi connectivity index (χ0n) is 11.4. The SMILES string of the molecule is CNC1CCCc2nc(N(C)CC3CCC3)sc21. The summed E-state index contributed by atoms with van der Waals surface area (Å²) in [4.78, 5) is 8.72. The van der Waals surface area contributed by atoms with Crippen LogP contribution in [0.4, 0.5) is 5.13 Å². The maximum absolute atomic E-state index is 4.86. The van der Waals surface area contributed by atoms with Gasteiger partial charge in [-0.1, -0.05) is 17.8 Å². The van der Waals surface area contributed by atoms with Gasteiger partial charge in [0.05, 0.1) is 5.69 Å². The van der Waals surface area contributed by atoms with Gasteiger partial charge in [0.2, 0.25) is 0 Å². The average Bonchev–Trinajstić information content (AvgIpc) is 2.77. The van der Waals surface area contributed by atoms with E-state index in [0.717, 1.165) is 5.92 Å². The highest BCUT2D eigenvalue weighted by Gasteiger charge is 2.26. The molecule has 1 aromatic heterocycles. The zero-order valence-corrected chi connectivity index (χ0v) is 12.2. The maximum atomic E-state index is 4.86. The molecule has 3 rings (SSSR count). The van der Waals surface area contributed by atoms with Gasteiger partial charge in [0.25, 0.3) is 0 Å². The van der Waals surface area contributed by atoms with E-state index in [1.807, 2.05) is 11.3 Å². The lowest BCUT2D eigenvalue weighted by Gasteiger charge is -2.29. The van der Waals surface area contributed by atoms with Crippen molar-refractivity contribution in [1.29, 1.82) is 0 Å². The molecule has 1 fully saturated rings. The minimum atomic E-state index is 0.539. The minimum Gasteiger partial charge on any atom is -0.351 e. The Hall–Kier alpha value is -0.610. The van der Waals surface area contributed by atoms with Gasteiger partial charge in [-0.3, -0.25) is 0 Å². The van der Waals surface area contributed by atoms with Crippen molar-refractivity contribution in [3.05, 3.63) is 10.6 Å². The van der Waals surface area contributed by atoms with Crippen LogP contribution < -0.4 is 10.2 Å². The molecule has 4 heteroatoms. The molecule has 1 atom stereocenters. The van der Waals surface area contributed by atoms with Crippen molar-refractivity contribution in [2.45, 2.75) is 44.6 Å². The highest BCUT2D eigenvalue weighted by atomic mass is 32.1. The molecule has 100 valence electrons. The molecular weight excluding hydrogens is 242 g/mol. The van der Waals surface area contributed by atoms with E-state index in [0.29, 0.717) is 6.04 Å². The van der Waals surface area contributed by atoms with Gasteiger partial charge in [0, 0.05) is 24.5 Å². The number of hydrogen-bond acceptors (Lipinski definition) is 4. The van der Waals surface area contributed by atoms with E-state index in [-0.39, 0.29) is 0 Å². The Balaban J connectivity index is 1.74. The summed E-state index contributed by atoms with van der Waals surface area (Å²) in [6, 6.07) is 0.539. The fraction of sp³-hybridized carbons (Fsp3) is 0.786. The van der Waals surface area contributed by atoms with E-state index >= 15 is 0 Å². The molecule has 3 nitrogen and oxygen atoms in total. The summed E-state index contributed by atoms with van der Waals surface area (Å²) in [6.07, 6.45) is 7.95. The summed E-state index contributed by atoms with van der Waals surface area (Å²) in [7, 11) is 4.27. The van der Waals surface area contributed by atoms with Crippen molar-refractivity contribution in [2.75, 3.05) is 25.5 Å². The van der Waals surface area contributed by atoms with Crippen LogP contribution in [0, 0.1) is 5.92 Å². The lowest BCUT2D eigenvalue weighted by molar-refractivity contribution is 0.321. The molecule has 1 unspecified atom stereocenters. The number of hydrogen-bond donors (Lipinski definition) is 1. The summed E-state index contributed by atoms with van der Waals surface area (Å²) in [5.41, 5.74) is 1.35. The Morgan fingerprint density at radius 3 is 2.83 bits per heavy atom. The first kappa shape index (κ1) is 12.4. The molecule has 1 N–H and O–H groups in total. The molecule has 2 aliphatic rings. The lowest BCUT2D eigenvalue weighted by atomic mass is 9.85. The number of rotatable bonds is 4. The predicted molar refractivity (Wildman–Crippen MR) is 77.5 cm³/mol. The number of nitrogens with zero attached hydrogens (tertiary/aromatic N) is 2. The second-order valence-electron chi connectivity index (χ2n) is 5.72. The number of aromatic nitrogens is 1. The first-order chi connectivity index (χ1) is 8.78. The summed E-state index contributed by atoms with van der Waals surface area (Å²) in [6.45, 7) is 1.19. The summed E-state index contributed by atoms with van der Waals surface area (Å²) < 4.78 is 0. The van der Waals surface area contributed by atoms with E-state index in [1.165, 1.54) is 60.8 Å². The Bertz CT molecular complexity index is 411. The van der Waals surface area contributed by atoms with Gasteiger partial charge in [-0.05, 0) is 45.1 Å². The number of nitrogens with one attached hydrogen (secondary N) is 1. The molecular formula is C14H23N3S. The van der Waals surface area contributed by atoms with Crippen LogP contribution >= 0.6 is 11.3 Å². The molecule has 0 radical (unpaired) electrons. The largest absolute Gasteiger partial charge is 0.351 e. The summed E-state index contributed by atoms with van der Waals surface area (Å²) >= 11 is 1.90. The van der Waals surface area contributed by atoms with Gasteiger partial charge in [-0.15, -0.1) is 0 Å². The van der Waals surface area contributed by atoms with Crippen LogP contribution in [-0.4, -0.2) is 25.6 Å². The fourth-order valence-corrected chi connectivity index (χ4v) is 4.21. The van der Waals surface area contributed by atoms with Crippen LogP contribution in [0.2, 0.25) is 0 Å². The van der Waals surface area contributed by atoms with Crippen molar-refractivity contribution < 1.29 is 0 Å². The van der Waals surface area contributed by atoms with Crippen molar-refractivity contribution in [1.82, 2.24) is 10.3 Å². The molecule has 0 spiro atoms. The lowest BCUT2D eigenvalue weighted by Crippen LogP contribution is -2.29. The van der Waals surface area contributed by atoms with Gasteiger partial charge in [0.15, 0.2) is 5.13 Å². The average molecular weight is 265 g/mol. The molecule has 1 saturated carbocycles. The maximum Gasteiger partial charge on any atom is 0.185 e. The normalized spacial score (nSPS) is 23.6. The van der Waals surface area contributed by atoms with Crippen LogP contribution in [-0.2, 0) is 6.42 Å². The molecule has 0 aromatic carbocycles. The molecule has 18 heavy (non-hydrogen) atoms. The molecule has 1 aromatic rings. The Morgan fingerprint density at radius 2 is 2.17 bits per heavy atom. The molecule has 2 aliphatic carbocycles. The van der Waals surface area contributed by atoms with Crippen molar-refractivity contribution in [2.24, 2.45) is 5.92 Å². The molecule has 0 amide bonds. The Labute approximate surface area is 114 Å². The predicted octanol–water partition coefficient (Wildman–Crippen LogP) is 2.98. The smallest absolute Gasteiger partial charge is 0.185 e. The number of aryl methyl sites for hydroxylation is 1. The minimum absolute atomic E-state index is 0.539. The highest BCUT2D eigenvalue weighted by molar-refractivity contribution is 7.15. The zero-order chi connectivity index (χ0) is 12.5. The monoisotopic (exact) mass is 265 g/mol. The van der Waals surface area contributed by atoms with Crippen LogP contribution in [0.15, 0.2) is 0 Å². The van der Waals surface area contributed by atoms with E-state index in [2.05, 4.69) is 24.3 Å². The second kappa shape index (κ2) is 5.17. The highest BCUT2D eigenvalue weighted by Crippen LogP contribution is 2.38. The van der Waals surface area contributed by atoms with E-state index in [1.54, 1.807) is 0 Å². The van der Waals surface area contributed by atoms with Crippen molar-refractivity contribution in [3.63, 3.8) is 0 Å². The number of fused-ring (bicyclic) bond motifs is 1. The van der Waals surface area contributed by atoms with Gasteiger partial charge >= 0.3 is 0 Å². The van der Waals surface area contributed by atoms with Crippen LogP contribution in [0.5, 0.6) is 0 Å². The van der Waals surface area contributed by atoms with Crippen LogP contribution in [0.25, 0.3) is 0 Å². The molecule has 0 aliphatic heterocycles. The first-order valence-electron chi connectivity index (χ1n) is 7.16. The Kier molecular flexibility index (Phi) is 3.57. The molecule has 0 saturated heterocycles. The first-order valence-corrected chi connectivity index (χ1v) is 7.97. The summed E-state index contributed by atoms with van der Waals surface area (Å²) in [5.74, 6) is 0.913. The van der Waals surface area contributed by atoms with E-state index in [9.17, 15) is 0 Å². The third kappa shape index (κ3) is 2.28. The van der Waals surface area contributed by atoms with Crippen molar-refractivity contribution >= 4 is 16.5 Å². The summed E-state index contributed by atoms with van der Waals surface area (Å²) in [5, 5.41) is 4.66. The molecule has 1 heterocycles. The topological polar surface area (TPSA) is 28.2 Å². The number of anilines is 1. The molecule has 0 bridgehead atoms. The van der Waals surface area contributed by atoms with Crippen LogP contribution in [0.1, 0.15) is 48.7 Å². The van der Waals surface area contributed by atoms with Gasteiger partial charge < -0.3 is 10.2 Å². The van der Waals surface area contributed by atoms with Crippen LogP contribution in [0.3, 0.4) is 0 Å². The standard InChI is InChI=1S/C14H23N3S/c1-15-11-7-4-8-12-13(11)18-14(16-12)17(2)9-10-5-3-6-10/h10-11,15H,3-9H2,1-2H3. The van der Waals surface area contributed by atoms with Gasteiger partial charge in [-0.25, -0.2) is 4.98 Å². The second-order valence-corrected chi connectivity index (χ2v) is 6.73. The van der Waals surface area contributed by atoms with Gasteiger partial charge in [0.1, 0.15) is 0 Å². The number of thiazole rings is 1. The van der Waals surface area contributed by atoms with E-state index < -0.39 is 0 Å². The fourth-order valence-electron chi connectivity index (χ4n) is 2.99. The quantitative estimate of drug-likeness (QED) is 0.907.